The maximum Gasteiger partial charge on any atom is 0.167 e. The standard InChI is InChI=1S/C14H16F2N2O/c1-9(2)6-18-7-11(5-17-18)12-4-3-10(8-19)13(15)14(12)16/h3-5,7,9,19H,6,8H2,1-2H3. The van der Waals surface area contributed by atoms with E-state index in [1.54, 1.807) is 10.9 Å². The third kappa shape index (κ3) is 2.81. The van der Waals surface area contributed by atoms with E-state index in [4.69, 9.17) is 5.11 Å². The Morgan fingerprint density at radius 3 is 2.63 bits per heavy atom. The van der Waals surface area contributed by atoms with Crippen molar-refractivity contribution >= 4 is 0 Å². The van der Waals surface area contributed by atoms with Gasteiger partial charge in [-0.05, 0) is 5.92 Å². The first kappa shape index (κ1) is 13.7. The van der Waals surface area contributed by atoms with Crippen LogP contribution in [-0.4, -0.2) is 14.9 Å². The van der Waals surface area contributed by atoms with Crippen LogP contribution in [0.25, 0.3) is 11.1 Å². The Labute approximate surface area is 110 Å². The van der Waals surface area contributed by atoms with E-state index in [2.05, 4.69) is 18.9 Å². The predicted molar refractivity (Wildman–Crippen MR) is 68.3 cm³/mol. The van der Waals surface area contributed by atoms with Crippen LogP contribution in [0.2, 0.25) is 0 Å². The van der Waals surface area contributed by atoms with Crippen molar-refractivity contribution in [1.29, 1.82) is 0 Å². The molecule has 0 atom stereocenters. The monoisotopic (exact) mass is 266 g/mol. The third-order valence-electron chi connectivity index (χ3n) is 2.83. The van der Waals surface area contributed by atoms with E-state index in [0.717, 1.165) is 6.54 Å². The van der Waals surface area contributed by atoms with Crippen LogP contribution in [0.1, 0.15) is 19.4 Å². The van der Waals surface area contributed by atoms with Crippen molar-refractivity contribution in [2.24, 2.45) is 5.92 Å². The van der Waals surface area contributed by atoms with Crippen LogP contribution in [0.15, 0.2) is 24.5 Å². The average Bonchev–Trinajstić information content (AvgIpc) is 2.80. The van der Waals surface area contributed by atoms with Crippen LogP contribution in [0.5, 0.6) is 0 Å². The molecule has 0 aliphatic rings. The molecule has 1 aromatic carbocycles. The normalized spacial score (nSPS) is 11.3. The van der Waals surface area contributed by atoms with Crippen molar-refractivity contribution in [3.63, 3.8) is 0 Å². The molecule has 0 amide bonds. The Bertz CT molecular complexity index is 579. The molecule has 0 spiro atoms. The summed E-state index contributed by atoms with van der Waals surface area (Å²) in [6.07, 6.45) is 3.20. The highest BCUT2D eigenvalue weighted by Crippen LogP contribution is 2.26. The summed E-state index contributed by atoms with van der Waals surface area (Å²) in [7, 11) is 0. The van der Waals surface area contributed by atoms with Gasteiger partial charge in [0.1, 0.15) is 0 Å². The maximum atomic E-state index is 13.9. The number of halogens is 2. The van der Waals surface area contributed by atoms with E-state index in [1.807, 2.05) is 0 Å². The first-order valence-corrected chi connectivity index (χ1v) is 6.13. The molecule has 3 nitrogen and oxygen atoms in total. The molecule has 1 aromatic heterocycles. The van der Waals surface area contributed by atoms with Crippen LogP contribution in [0, 0.1) is 17.6 Å². The van der Waals surface area contributed by atoms with Gasteiger partial charge in [0.05, 0.1) is 12.8 Å². The highest BCUT2D eigenvalue weighted by Gasteiger charge is 2.15. The smallest absolute Gasteiger partial charge is 0.167 e. The minimum Gasteiger partial charge on any atom is -0.392 e. The number of aliphatic hydroxyl groups excluding tert-OH is 1. The third-order valence-corrected chi connectivity index (χ3v) is 2.83. The van der Waals surface area contributed by atoms with Crippen LogP contribution in [0.4, 0.5) is 8.78 Å². The van der Waals surface area contributed by atoms with Crippen LogP contribution in [0.3, 0.4) is 0 Å². The molecule has 1 N–H and O–H groups in total. The second kappa shape index (κ2) is 5.48. The zero-order valence-corrected chi connectivity index (χ0v) is 10.9. The molecule has 0 bridgehead atoms. The fourth-order valence-corrected chi connectivity index (χ4v) is 1.91. The average molecular weight is 266 g/mol. The summed E-state index contributed by atoms with van der Waals surface area (Å²) in [5, 5.41) is 13.0. The lowest BCUT2D eigenvalue weighted by molar-refractivity contribution is 0.273. The topological polar surface area (TPSA) is 38.0 Å². The lowest BCUT2D eigenvalue weighted by Gasteiger charge is -2.05. The maximum absolute atomic E-state index is 13.9. The number of aromatic nitrogens is 2. The minimum atomic E-state index is -1.00. The highest BCUT2D eigenvalue weighted by molar-refractivity contribution is 5.63. The van der Waals surface area contributed by atoms with E-state index < -0.39 is 18.2 Å². The minimum absolute atomic E-state index is 0.0455. The molecule has 0 saturated heterocycles. The van der Waals surface area contributed by atoms with E-state index in [-0.39, 0.29) is 11.1 Å². The first-order valence-electron chi connectivity index (χ1n) is 6.13. The molecule has 0 unspecified atom stereocenters. The van der Waals surface area contributed by atoms with Gasteiger partial charge in [0.15, 0.2) is 11.6 Å². The molecule has 0 fully saturated rings. The van der Waals surface area contributed by atoms with Gasteiger partial charge >= 0.3 is 0 Å². The van der Waals surface area contributed by atoms with Crippen molar-refractivity contribution in [2.45, 2.75) is 27.0 Å². The lowest BCUT2D eigenvalue weighted by atomic mass is 10.1. The molecule has 0 saturated carbocycles. The number of aliphatic hydroxyl groups is 1. The molecule has 19 heavy (non-hydrogen) atoms. The van der Waals surface area contributed by atoms with Crippen LogP contribution >= 0.6 is 0 Å². The molecule has 2 rings (SSSR count). The predicted octanol–water partition coefficient (Wildman–Crippen LogP) is 2.98. The number of hydrogen-bond acceptors (Lipinski definition) is 2. The second-order valence-corrected chi connectivity index (χ2v) is 4.90. The summed E-state index contributed by atoms with van der Waals surface area (Å²) < 4.78 is 29.2. The zero-order valence-electron chi connectivity index (χ0n) is 10.9. The molecule has 0 aliphatic heterocycles. The van der Waals surface area contributed by atoms with Gasteiger partial charge in [0.25, 0.3) is 0 Å². The zero-order chi connectivity index (χ0) is 14.0. The van der Waals surface area contributed by atoms with Gasteiger partial charge in [-0.25, -0.2) is 8.78 Å². The van der Waals surface area contributed by atoms with Crippen molar-refractivity contribution in [3.8, 4) is 11.1 Å². The van der Waals surface area contributed by atoms with Gasteiger partial charge in [-0.3, -0.25) is 4.68 Å². The first-order chi connectivity index (χ1) is 9.02. The summed E-state index contributed by atoms with van der Waals surface area (Å²) in [6, 6.07) is 2.84. The fraction of sp³-hybridized carbons (Fsp3) is 0.357. The van der Waals surface area contributed by atoms with Gasteiger partial charge in [0.2, 0.25) is 0 Å². The SMILES string of the molecule is CC(C)Cn1cc(-c2ccc(CO)c(F)c2F)cn1. The van der Waals surface area contributed by atoms with E-state index in [9.17, 15) is 8.78 Å². The molecule has 0 aliphatic carbocycles. The molecule has 5 heteroatoms. The quantitative estimate of drug-likeness (QED) is 0.923. The van der Waals surface area contributed by atoms with Gasteiger partial charge in [-0.2, -0.15) is 5.10 Å². The number of benzene rings is 1. The van der Waals surface area contributed by atoms with Crippen molar-refractivity contribution in [2.75, 3.05) is 0 Å². The van der Waals surface area contributed by atoms with Gasteiger partial charge in [0, 0.05) is 29.4 Å². The van der Waals surface area contributed by atoms with E-state index in [0.29, 0.717) is 11.5 Å². The van der Waals surface area contributed by atoms with Crippen LogP contribution < -0.4 is 0 Å². The fourth-order valence-electron chi connectivity index (χ4n) is 1.91. The van der Waals surface area contributed by atoms with E-state index in [1.165, 1.54) is 18.3 Å². The summed E-state index contributed by atoms with van der Waals surface area (Å²) >= 11 is 0. The summed E-state index contributed by atoms with van der Waals surface area (Å²) in [6.45, 7) is 4.31. The molecular weight excluding hydrogens is 250 g/mol. The van der Waals surface area contributed by atoms with Gasteiger partial charge < -0.3 is 5.11 Å². The number of hydrogen-bond donors (Lipinski definition) is 1. The Hall–Kier alpha value is -1.75. The summed E-state index contributed by atoms with van der Waals surface area (Å²) in [5.74, 6) is -1.53. The molecular formula is C14H16F2N2O. The van der Waals surface area contributed by atoms with Crippen LogP contribution in [-0.2, 0) is 13.2 Å². The molecule has 102 valence electrons. The molecule has 1 heterocycles. The van der Waals surface area contributed by atoms with Crippen molar-refractivity contribution in [1.82, 2.24) is 9.78 Å². The molecule has 2 aromatic rings. The van der Waals surface area contributed by atoms with Gasteiger partial charge in [-0.1, -0.05) is 26.0 Å². The Kier molecular flexibility index (Phi) is 3.95. The van der Waals surface area contributed by atoms with E-state index >= 15 is 0 Å². The highest BCUT2D eigenvalue weighted by atomic mass is 19.2. The Balaban J connectivity index is 2.37. The summed E-state index contributed by atoms with van der Waals surface area (Å²) in [5.41, 5.74) is 0.641. The molecule has 0 radical (unpaired) electrons. The number of nitrogens with zero attached hydrogens (tertiary/aromatic N) is 2. The van der Waals surface area contributed by atoms with Gasteiger partial charge in [-0.15, -0.1) is 0 Å². The summed E-state index contributed by atoms with van der Waals surface area (Å²) in [4.78, 5) is 0. The number of rotatable bonds is 4. The Morgan fingerprint density at radius 2 is 2.00 bits per heavy atom. The van der Waals surface area contributed by atoms with Crippen molar-refractivity contribution in [3.05, 3.63) is 41.7 Å². The lowest BCUT2D eigenvalue weighted by Crippen LogP contribution is -2.04. The van der Waals surface area contributed by atoms with Crippen molar-refractivity contribution < 1.29 is 13.9 Å². The Morgan fingerprint density at radius 1 is 1.26 bits per heavy atom. The largest absolute Gasteiger partial charge is 0.392 e. The second-order valence-electron chi connectivity index (χ2n) is 4.90.